The van der Waals surface area contributed by atoms with Crippen molar-refractivity contribution < 1.29 is 0 Å². The topological polar surface area (TPSA) is 3.24 Å². The molecule has 0 saturated heterocycles. The molecule has 0 aromatic carbocycles. The van der Waals surface area contributed by atoms with E-state index in [9.17, 15) is 0 Å². The van der Waals surface area contributed by atoms with Gasteiger partial charge >= 0.3 is 0 Å². The molecule has 0 bridgehead atoms. The number of hydrogen-bond donors (Lipinski definition) is 0. The van der Waals surface area contributed by atoms with Crippen LogP contribution in [-0.2, 0) is 0 Å². The Balaban J connectivity index is 3.32. The Morgan fingerprint density at radius 2 is 2.11 bits per heavy atom. The van der Waals surface area contributed by atoms with E-state index in [1.165, 1.54) is 0 Å². The molecule has 0 aromatic heterocycles. The van der Waals surface area contributed by atoms with Gasteiger partial charge in [-0.1, -0.05) is 6.92 Å². The van der Waals surface area contributed by atoms with Crippen molar-refractivity contribution in [2.75, 3.05) is 12.4 Å². The van der Waals surface area contributed by atoms with Crippen molar-refractivity contribution in [1.82, 2.24) is 4.42 Å². The number of hydrogen-bond acceptors (Lipinski definition) is 1. The lowest BCUT2D eigenvalue weighted by Gasteiger charge is -2.18. The van der Waals surface area contributed by atoms with E-state index in [-0.39, 0.29) is 0 Å². The molecule has 9 heavy (non-hydrogen) atoms. The molecule has 0 rings (SSSR count). The predicted octanol–water partition coefficient (Wildman–Crippen LogP) is 2.48. The van der Waals surface area contributed by atoms with Crippen LogP contribution in [0.15, 0.2) is 0 Å². The molecule has 1 unspecified atom stereocenters. The van der Waals surface area contributed by atoms with Crippen LogP contribution >= 0.6 is 23.4 Å². The summed E-state index contributed by atoms with van der Waals surface area (Å²) in [5.74, 6) is 0.685. The molecule has 1 nitrogen and oxygen atoms in total. The third kappa shape index (κ3) is 4.01. The van der Waals surface area contributed by atoms with Crippen LogP contribution in [0.2, 0.25) is 0 Å². The van der Waals surface area contributed by atoms with Crippen LogP contribution in [0.25, 0.3) is 0 Å². The molecular formula is C6H13Cl2N. The molecule has 0 heterocycles. The normalized spacial score (nSPS) is 14.3. The summed E-state index contributed by atoms with van der Waals surface area (Å²) in [6.45, 7) is 4.97. The lowest BCUT2D eigenvalue weighted by molar-refractivity contribution is 0.368. The summed E-state index contributed by atoms with van der Waals surface area (Å²) in [4.78, 5) is 0. The molecule has 0 spiro atoms. The second-order valence-corrected chi connectivity index (χ2v) is 2.85. The van der Waals surface area contributed by atoms with Gasteiger partial charge in [0.25, 0.3) is 0 Å². The highest BCUT2D eigenvalue weighted by Gasteiger charge is 2.06. The van der Waals surface area contributed by atoms with Crippen LogP contribution in [0.5, 0.6) is 0 Å². The Bertz CT molecular complexity index is 68.1. The smallest absolute Gasteiger partial charge is 0.0238 e. The fourth-order valence-electron chi connectivity index (χ4n) is 0.610. The van der Waals surface area contributed by atoms with Gasteiger partial charge in [-0.05, 0) is 25.1 Å². The molecule has 0 amide bonds. The zero-order valence-electron chi connectivity index (χ0n) is 5.90. The van der Waals surface area contributed by atoms with Gasteiger partial charge < -0.3 is 0 Å². The van der Waals surface area contributed by atoms with E-state index < -0.39 is 0 Å². The first-order valence-corrected chi connectivity index (χ1v) is 4.08. The highest BCUT2D eigenvalue weighted by atomic mass is 35.5. The Labute approximate surface area is 67.0 Å². The summed E-state index contributed by atoms with van der Waals surface area (Å²) >= 11 is 11.3. The van der Waals surface area contributed by atoms with Crippen molar-refractivity contribution in [2.45, 2.75) is 26.3 Å². The van der Waals surface area contributed by atoms with E-state index in [4.69, 9.17) is 23.4 Å². The second kappa shape index (κ2) is 5.33. The maximum atomic E-state index is 5.77. The molecule has 0 fully saturated rings. The SMILES string of the molecule is CCN(Cl)C(C)CCCl. The van der Waals surface area contributed by atoms with Crippen LogP contribution in [0.3, 0.4) is 0 Å². The van der Waals surface area contributed by atoms with E-state index in [2.05, 4.69) is 6.92 Å². The zero-order chi connectivity index (χ0) is 7.28. The van der Waals surface area contributed by atoms with Gasteiger partial charge in [-0.15, -0.1) is 11.6 Å². The number of halogens is 2. The van der Waals surface area contributed by atoms with E-state index in [1.54, 1.807) is 4.42 Å². The third-order valence-electron chi connectivity index (χ3n) is 1.31. The summed E-state index contributed by atoms with van der Waals surface area (Å²) in [6.07, 6.45) is 0.957. The summed E-state index contributed by atoms with van der Waals surface area (Å²) in [5.41, 5.74) is 0. The van der Waals surface area contributed by atoms with E-state index in [1.807, 2.05) is 6.92 Å². The van der Waals surface area contributed by atoms with Crippen molar-refractivity contribution in [3.8, 4) is 0 Å². The lowest BCUT2D eigenvalue weighted by atomic mass is 10.3. The standard InChI is InChI=1S/C6H13Cl2N/c1-3-9(8)6(2)4-5-7/h6H,3-5H2,1-2H3. The summed E-state index contributed by atoms with van der Waals surface area (Å²) in [6, 6.07) is 0.397. The quantitative estimate of drug-likeness (QED) is 0.462. The molecule has 0 aliphatic heterocycles. The second-order valence-electron chi connectivity index (χ2n) is 2.04. The molecule has 56 valence electrons. The average molecular weight is 170 g/mol. The van der Waals surface area contributed by atoms with E-state index in [0.717, 1.165) is 13.0 Å². The first-order chi connectivity index (χ1) is 4.22. The fourth-order valence-corrected chi connectivity index (χ4v) is 1.02. The van der Waals surface area contributed by atoms with E-state index >= 15 is 0 Å². The van der Waals surface area contributed by atoms with Crippen LogP contribution in [-0.4, -0.2) is 22.9 Å². The Kier molecular flexibility index (Phi) is 5.65. The van der Waals surface area contributed by atoms with Gasteiger partial charge in [0.1, 0.15) is 0 Å². The van der Waals surface area contributed by atoms with Crippen LogP contribution < -0.4 is 0 Å². The molecule has 0 aliphatic carbocycles. The maximum Gasteiger partial charge on any atom is 0.0238 e. The Morgan fingerprint density at radius 3 is 2.44 bits per heavy atom. The minimum atomic E-state index is 0.397. The molecule has 0 radical (unpaired) electrons. The van der Waals surface area contributed by atoms with Crippen molar-refractivity contribution >= 4 is 23.4 Å². The minimum absolute atomic E-state index is 0.397. The van der Waals surface area contributed by atoms with Gasteiger partial charge in [0.05, 0.1) is 0 Å². The molecule has 0 aromatic rings. The first kappa shape index (κ1) is 9.54. The number of nitrogens with zero attached hydrogens (tertiary/aromatic N) is 1. The van der Waals surface area contributed by atoms with Gasteiger partial charge in [0.15, 0.2) is 0 Å². The van der Waals surface area contributed by atoms with Gasteiger partial charge in [-0.2, -0.15) is 0 Å². The van der Waals surface area contributed by atoms with Gasteiger partial charge in [-0.3, -0.25) is 0 Å². The first-order valence-electron chi connectivity index (χ1n) is 3.20. The summed E-state index contributed by atoms with van der Waals surface area (Å²) in [5, 5.41) is 0. The maximum absolute atomic E-state index is 5.77. The van der Waals surface area contributed by atoms with Gasteiger partial charge in [-0.25, -0.2) is 4.42 Å². The largest absolute Gasteiger partial charge is 0.218 e. The third-order valence-corrected chi connectivity index (χ3v) is 2.10. The fraction of sp³-hybridized carbons (Fsp3) is 1.00. The molecular weight excluding hydrogens is 157 g/mol. The Hall–Kier alpha value is 0.540. The van der Waals surface area contributed by atoms with Crippen molar-refractivity contribution in [3.63, 3.8) is 0 Å². The molecule has 0 saturated carbocycles. The van der Waals surface area contributed by atoms with Gasteiger partial charge in [0, 0.05) is 18.5 Å². The molecule has 1 atom stereocenters. The molecule has 0 N–H and O–H groups in total. The number of rotatable bonds is 4. The van der Waals surface area contributed by atoms with Crippen LogP contribution in [0.1, 0.15) is 20.3 Å². The molecule has 3 heteroatoms. The molecule has 0 aliphatic rings. The van der Waals surface area contributed by atoms with E-state index in [0.29, 0.717) is 11.9 Å². The highest BCUT2D eigenvalue weighted by Crippen LogP contribution is 2.06. The number of alkyl halides is 1. The van der Waals surface area contributed by atoms with Crippen molar-refractivity contribution in [3.05, 3.63) is 0 Å². The lowest BCUT2D eigenvalue weighted by Crippen LogP contribution is -2.23. The van der Waals surface area contributed by atoms with Gasteiger partial charge in [0.2, 0.25) is 0 Å². The van der Waals surface area contributed by atoms with Crippen molar-refractivity contribution in [1.29, 1.82) is 0 Å². The van der Waals surface area contributed by atoms with Crippen LogP contribution in [0.4, 0.5) is 0 Å². The minimum Gasteiger partial charge on any atom is -0.218 e. The van der Waals surface area contributed by atoms with Crippen molar-refractivity contribution in [2.24, 2.45) is 0 Å². The zero-order valence-corrected chi connectivity index (χ0v) is 7.41. The monoisotopic (exact) mass is 169 g/mol. The summed E-state index contributed by atoms with van der Waals surface area (Å²) < 4.78 is 1.77. The Morgan fingerprint density at radius 1 is 1.56 bits per heavy atom. The van der Waals surface area contributed by atoms with Crippen LogP contribution in [0, 0.1) is 0 Å². The highest BCUT2D eigenvalue weighted by molar-refractivity contribution is 6.18. The summed E-state index contributed by atoms with van der Waals surface area (Å²) in [7, 11) is 0. The predicted molar refractivity (Wildman–Crippen MR) is 43.0 cm³/mol. The average Bonchev–Trinajstić information content (AvgIpc) is 1.87.